The summed E-state index contributed by atoms with van der Waals surface area (Å²) in [5, 5.41) is 9.78. The van der Waals surface area contributed by atoms with Crippen LogP contribution in [-0.4, -0.2) is 36.2 Å². The van der Waals surface area contributed by atoms with E-state index in [1.54, 1.807) is 0 Å². The van der Waals surface area contributed by atoms with Gasteiger partial charge in [0.15, 0.2) is 0 Å². The second kappa shape index (κ2) is 4.97. The maximum atomic E-state index is 9.78. The van der Waals surface area contributed by atoms with Crippen molar-refractivity contribution in [3.8, 4) is 0 Å². The van der Waals surface area contributed by atoms with E-state index in [1.165, 1.54) is 19.4 Å². The molecule has 1 fully saturated rings. The molecular formula is C11H23NO. The SMILES string of the molecule is CCC(C)C(O)CN(C)CC1CC1. The lowest BCUT2D eigenvalue weighted by molar-refractivity contribution is 0.0763. The summed E-state index contributed by atoms with van der Waals surface area (Å²) >= 11 is 0. The zero-order valence-corrected chi connectivity index (χ0v) is 9.16. The van der Waals surface area contributed by atoms with E-state index in [0.29, 0.717) is 5.92 Å². The first-order chi connectivity index (χ1) is 6.13. The average molecular weight is 185 g/mol. The summed E-state index contributed by atoms with van der Waals surface area (Å²) in [5.74, 6) is 1.36. The van der Waals surface area contributed by atoms with Gasteiger partial charge in [0.2, 0.25) is 0 Å². The number of aliphatic hydroxyl groups excluding tert-OH is 1. The van der Waals surface area contributed by atoms with Crippen molar-refractivity contribution in [2.24, 2.45) is 11.8 Å². The topological polar surface area (TPSA) is 23.5 Å². The minimum absolute atomic E-state index is 0.145. The third-order valence-electron chi connectivity index (χ3n) is 3.07. The van der Waals surface area contributed by atoms with Crippen molar-refractivity contribution in [1.82, 2.24) is 4.90 Å². The second-order valence-corrected chi connectivity index (χ2v) is 4.62. The number of hydrogen-bond acceptors (Lipinski definition) is 2. The highest BCUT2D eigenvalue weighted by molar-refractivity contribution is 4.77. The Morgan fingerprint density at radius 2 is 2.08 bits per heavy atom. The Labute approximate surface area is 81.9 Å². The van der Waals surface area contributed by atoms with Crippen LogP contribution in [0.1, 0.15) is 33.1 Å². The van der Waals surface area contributed by atoms with Crippen LogP contribution < -0.4 is 0 Å². The number of nitrogens with zero attached hydrogens (tertiary/aromatic N) is 1. The van der Waals surface area contributed by atoms with E-state index in [1.807, 2.05) is 0 Å². The van der Waals surface area contributed by atoms with Crippen molar-refractivity contribution in [2.45, 2.75) is 39.2 Å². The number of aliphatic hydroxyl groups is 1. The van der Waals surface area contributed by atoms with Crippen molar-refractivity contribution in [3.63, 3.8) is 0 Å². The molecule has 0 amide bonds. The van der Waals surface area contributed by atoms with Gasteiger partial charge in [0.05, 0.1) is 6.10 Å². The predicted octanol–water partition coefficient (Wildman–Crippen LogP) is 1.74. The van der Waals surface area contributed by atoms with E-state index in [9.17, 15) is 5.11 Å². The molecule has 2 heteroatoms. The smallest absolute Gasteiger partial charge is 0.0692 e. The zero-order valence-electron chi connectivity index (χ0n) is 9.16. The molecule has 1 N–H and O–H groups in total. The van der Waals surface area contributed by atoms with Crippen LogP contribution >= 0.6 is 0 Å². The average Bonchev–Trinajstić information content (AvgIpc) is 2.86. The quantitative estimate of drug-likeness (QED) is 0.681. The summed E-state index contributed by atoms with van der Waals surface area (Å²) in [5.41, 5.74) is 0. The molecule has 13 heavy (non-hydrogen) atoms. The lowest BCUT2D eigenvalue weighted by Gasteiger charge is -2.23. The first kappa shape index (κ1) is 11.0. The Bertz CT molecular complexity index is 145. The molecule has 2 nitrogen and oxygen atoms in total. The summed E-state index contributed by atoms with van der Waals surface area (Å²) in [6.07, 6.45) is 3.71. The molecule has 1 aliphatic carbocycles. The van der Waals surface area contributed by atoms with Crippen molar-refractivity contribution >= 4 is 0 Å². The molecule has 0 aromatic heterocycles. The van der Waals surface area contributed by atoms with E-state index in [4.69, 9.17) is 0 Å². The van der Waals surface area contributed by atoms with Gasteiger partial charge in [0.1, 0.15) is 0 Å². The van der Waals surface area contributed by atoms with E-state index < -0.39 is 0 Å². The highest BCUT2D eigenvalue weighted by Crippen LogP contribution is 2.29. The highest BCUT2D eigenvalue weighted by atomic mass is 16.3. The molecule has 0 spiro atoms. The fourth-order valence-electron chi connectivity index (χ4n) is 1.59. The molecule has 1 aliphatic rings. The van der Waals surface area contributed by atoms with Gasteiger partial charge in [0.25, 0.3) is 0 Å². The number of hydrogen-bond donors (Lipinski definition) is 1. The van der Waals surface area contributed by atoms with E-state index in [2.05, 4.69) is 25.8 Å². The van der Waals surface area contributed by atoms with Gasteiger partial charge in [-0.25, -0.2) is 0 Å². The standard InChI is InChI=1S/C11H23NO/c1-4-9(2)11(13)8-12(3)7-10-5-6-10/h9-11,13H,4-8H2,1-3H3. The van der Waals surface area contributed by atoms with Crippen LogP contribution in [0.15, 0.2) is 0 Å². The Morgan fingerprint density at radius 3 is 2.54 bits per heavy atom. The third-order valence-corrected chi connectivity index (χ3v) is 3.07. The molecule has 0 saturated heterocycles. The zero-order chi connectivity index (χ0) is 9.84. The van der Waals surface area contributed by atoms with Gasteiger partial charge in [-0.15, -0.1) is 0 Å². The number of rotatable bonds is 6. The molecule has 0 bridgehead atoms. The first-order valence-electron chi connectivity index (χ1n) is 5.50. The van der Waals surface area contributed by atoms with Crippen LogP contribution in [0.25, 0.3) is 0 Å². The van der Waals surface area contributed by atoms with Crippen LogP contribution in [0.5, 0.6) is 0 Å². The molecule has 0 radical (unpaired) electrons. The van der Waals surface area contributed by atoms with Crippen LogP contribution in [0.3, 0.4) is 0 Å². The molecule has 1 rings (SSSR count). The second-order valence-electron chi connectivity index (χ2n) is 4.62. The molecule has 0 aromatic carbocycles. The van der Waals surface area contributed by atoms with E-state index in [-0.39, 0.29) is 6.10 Å². The van der Waals surface area contributed by atoms with Crippen molar-refractivity contribution in [3.05, 3.63) is 0 Å². The summed E-state index contributed by atoms with van der Waals surface area (Å²) in [7, 11) is 2.12. The molecule has 1 saturated carbocycles. The van der Waals surface area contributed by atoms with Crippen LogP contribution in [0.2, 0.25) is 0 Å². The Balaban J connectivity index is 2.13. The molecule has 2 atom stereocenters. The summed E-state index contributed by atoms with van der Waals surface area (Å²) in [6.45, 7) is 6.27. The fourth-order valence-corrected chi connectivity index (χ4v) is 1.59. The van der Waals surface area contributed by atoms with Crippen LogP contribution in [0, 0.1) is 11.8 Å². The lowest BCUT2D eigenvalue weighted by Crippen LogP contribution is -2.34. The van der Waals surface area contributed by atoms with Gasteiger partial charge in [0, 0.05) is 13.1 Å². The van der Waals surface area contributed by atoms with Gasteiger partial charge < -0.3 is 10.0 Å². The van der Waals surface area contributed by atoms with Crippen molar-refractivity contribution in [1.29, 1.82) is 0 Å². The molecule has 2 unspecified atom stereocenters. The molecule has 78 valence electrons. The predicted molar refractivity (Wildman–Crippen MR) is 55.7 cm³/mol. The summed E-state index contributed by atoms with van der Waals surface area (Å²) in [6, 6.07) is 0. The Kier molecular flexibility index (Phi) is 4.20. The monoisotopic (exact) mass is 185 g/mol. The maximum absolute atomic E-state index is 9.78. The van der Waals surface area contributed by atoms with Crippen molar-refractivity contribution in [2.75, 3.05) is 20.1 Å². The molecule has 0 aliphatic heterocycles. The number of likely N-dealkylation sites (N-methyl/N-ethyl adjacent to an activating group) is 1. The summed E-state index contributed by atoms with van der Waals surface area (Å²) in [4.78, 5) is 2.27. The maximum Gasteiger partial charge on any atom is 0.0692 e. The molecule has 0 aromatic rings. The highest BCUT2D eigenvalue weighted by Gasteiger charge is 2.24. The first-order valence-corrected chi connectivity index (χ1v) is 5.50. The van der Waals surface area contributed by atoms with Gasteiger partial charge in [-0.2, -0.15) is 0 Å². The molecular weight excluding hydrogens is 162 g/mol. The van der Waals surface area contributed by atoms with Gasteiger partial charge in [-0.05, 0) is 31.7 Å². The Morgan fingerprint density at radius 1 is 1.46 bits per heavy atom. The third kappa shape index (κ3) is 4.10. The van der Waals surface area contributed by atoms with Gasteiger partial charge in [-0.1, -0.05) is 20.3 Å². The largest absolute Gasteiger partial charge is 0.392 e. The Hall–Kier alpha value is -0.0800. The van der Waals surface area contributed by atoms with Gasteiger partial charge >= 0.3 is 0 Å². The van der Waals surface area contributed by atoms with Crippen molar-refractivity contribution < 1.29 is 5.11 Å². The minimum Gasteiger partial charge on any atom is -0.392 e. The summed E-state index contributed by atoms with van der Waals surface area (Å²) < 4.78 is 0. The fraction of sp³-hybridized carbons (Fsp3) is 1.00. The van der Waals surface area contributed by atoms with E-state index >= 15 is 0 Å². The van der Waals surface area contributed by atoms with E-state index in [0.717, 1.165) is 18.9 Å². The van der Waals surface area contributed by atoms with Gasteiger partial charge in [-0.3, -0.25) is 0 Å². The van der Waals surface area contributed by atoms with Crippen LogP contribution in [-0.2, 0) is 0 Å². The minimum atomic E-state index is -0.145. The lowest BCUT2D eigenvalue weighted by atomic mass is 10.0. The molecule has 0 heterocycles. The van der Waals surface area contributed by atoms with Crippen LogP contribution in [0.4, 0.5) is 0 Å². The normalized spacial score (nSPS) is 21.9.